The Morgan fingerprint density at radius 2 is 1.36 bits per heavy atom. The van der Waals surface area contributed by atoms with Gasteiger partial charge in [-0.05, 0) is 35.4 Å². The highest BCUT2D eigenvalue weighted by Crippen LogP contribution is 2.38. The van der Waals surface area contributed by atoms with E-state index in [1.165, 1.54) is 6.92 Å². The van der Waals surface area contributed by atoms with Crippen molar-refractivity contribution >= 4 is 44.6 Å². The summed E-state index contributed by atoms with van der Waals surface area (Å²) >= 11 is 18.4. The summed E-state index contributed by atoms with van der Waals surface area (Å²) in [6, 6.07) is 10.7. The summed E-state index contributed by atoms with van der Waals surface area (Å²) in [6.45, 7) is 5.42. The number of alkyl halides is 1. The molecule has 33 heavy (non-hydrogen) atoms. The van der Waals surface area contributed by atoms with Crippen molar-refractivity contribution in [2.45, 2.75) is 38.4 Å². The van der Waals surface area contributed by atoms with Crippen LogP contribution in [0, 0.1) is 0 Å². The third kappa shape index (κ3) is 7.91. The van der Waals surface area contributed by atoms with Gasteiger partial charge in [-0.3, -0.25) is 0 Å². The minimum atomic E-state index is -3.31. The minimum Gasteiger partial charge on any atom is -0.489 e. The Hall–Kier alpha value is -1.22. The standard InChI is InChI=1S/C23H29Cl3O6S/c1-4-33(29,30)14-18(28)13-32-22-8-6-16(10-20(22)26)23(2,3)15-5-7-21(19(25)9-15)31-12-17(27)11-24/h5-10,17-18,27-28H,4,11-14H2,1-3H3/t17-,18+/m1/s1. The number of sulfone groups is 1. The lowest BCUT2D eigenvalue weighted by Gasteiger charge is -2.27. The fourth-order valence-corrected chi connectivity index (χ4v) is 4.53. The first kappa shape index (κ1) is 28.0. The first-order valence-electron chi connectivity index (χ1n) is 10.4. The highest BCUT2D eigenvalue weighted by molar-refractivity contribution is 7.91. The van der Waals surface area contributed by atoms with E-state index >= 15 is 0 Å². The molecule has 0 bridgehead atoms. The summed E-state index contributed by atoms with van der Waals surface area (Å²) in [7, 11) is -3.31. The Morgan fingerprint density at radius 3 is 1.76 bits per heavy atom. The van der Waals surface area contributed by atoms with Gasteiger partial charge in [0, 0.05) is 11.2 Å². The highest BCUT2D eigenvalue weighted by atomic mass is 35.5. The number of hydrogen-bond acceptors (Lipinski definition) is 6. The van der Waals surface area contributed by atoms with Gasteiger partial charge in [-0.15, -0.1) is 11.6 Å². The first-order chi connectivity index (χ1) is 15.4. The van der Waals surface area contributed by atoms with Crippen LogP contribution >= 0.6 is 34.8 Å². The van der Waals surface area contributed by atoms with Crippen molar-refractivity contribution in [1.82, 2.24) is 0 Å². The Kier molecular flexibility index (Phi) is 10.2. The van der Waals surface area contributed by atoms with Crippen molar-refractivity contribution < 1.29 is 28.1 Å². The molecule has 2 N–H and O–H groups in total. The van der Waals surface area contributed by atoms with Gasteiger partial charge in [0.15, 0.2) is 9.84 Å². The van der Waals surface area contributed by atoms with E-state index in [0.717, 1.165) is 11.1 Å². The first-order valence-corrected chi connectivity index (χ1v) is 13.5. The average molecular weight is 540 g/mol. The number of halogens is 3. The molecule has 0 spiro atoms. The second kappa shape index (κ2) is 12.0. The molecule has 6 nitrogen and oxygen atoms in total. The largest absolute Gasteiger partial charge is 0.489 e. The highest BCUT2D eigenvalue weighted by Gasteiger charge is 2.25. The van der Waals surface area contributed by atoms with Gasteiger partial charge in [0.2, 0.25) is 0 Å². The number of aliphatic hydroxyl groups is 2. The quantitative estimate of drug-likeness (QED) is 0.387. The summed E-state index contributed by atoms with van der Waals surface area (Å²) in [5.41, 5.74) is 1.35. The van der Waals surface area contributed by atoms with E-state index < -0.39 is 27.5 Å². The van der Waals surface area contributed by atoms with Crippen LogP contribution in [0.15, 0.2) is 36.4 Å². The smallest absolute Gasteiger partial charge is 0.152 e. The van der Waals surface area contributed by atoms with Crippen LogP contribution in [0.2, 0.25) is 10.0 Å². The van der Waals surface area contributed by atoms with E-state index in [0.29, 0.717) is 21.5 Å². The maximum absolute atomic E-state index is 11.6. The topological polar surface area (TPSA) is 93.1 Å². The van der Waals surface area contributed by atoms with E-state index in [2.05, 4.69) is 0 Å². The van der Waals surface area contributed by atoms with Crippen LogP contribution < -0.4 is 9.47 Å². The molecule has 0 radical (unpaired) electrons. The SMILES string of the molecule is CCS(=O)(=O)C[C@@H](O)COc1ccc(C(C)(C)c2ccc(OC[C@H](O)CCl)c(Cl)c2)cc1Cl. The zero-order valence-electron chi connectivity index (χ0n) is 18.7. The molecule has 0 heterocycles. The number of rotatable bonds is 12. The molecule has 0 aromatic heterocycles. The van der Waals surface area contributed by atoms with E-state index in [-0.39, 0.29) is 30.6 Å². The van der Waals surface area contributed by atoms with Crippen molar-refractivity contribution in [3.05, 3.63) is 57.6 Å². The summed E-state index contributed by atoms with van der Waals surface area (Å²) in [5, 5.41) is 20.2. The summed E-state index contributed by atoms with van der Waals surface area (Å²) < 4.78 is 34.3. The molecule has 0 amide bonds. The Bertz CT molecular complexity index is 1040. The molecule has 184 valence electrons. The van der Waals surface area contributed by atoms with Gasteiger partial charge in [-0.25, -0.2) is 8.42 Å². The van der Waals surface area contributed by atoms with Crippen molar-refractivity contribution in [1.29, 1.82) is 0 Å². The Morgan fingerprint density at radius 1 is 0.909 bits per heavy atom. The molecule has 10 heteroatoms. The van der Waals surface area contributed by atoms with Gasteiger partial charge >= 0.3 is 0 Å². The van der Waals surface area contributed by atoms with E-state index in [9.17, 15) is 18.6 Å². The Balaban J connectivity index is 2.13. The monoisotopic (exact) mass is 538 g/mol. The predicted octanol–water partition coefficient (Wildman–Crippen LogP) is 4.47. The number of benzene rings is 2. The molecule has 0 saturated carbocycles. The summed E-state index contributed by atoms with van der Waals surface area (Å²) in [6.07, 6.45) is -1.92. The molecule has 0 unspecified atom stereocenters. The normalized spacial score (nSPS) is 14.1. The van der Waals surface area contributed by atoms with E-state index in [4.69, 9.17) is 44.3 Å². The van der Waals surface area contributed by atoms with Crippen LogP contribution in [0.5, 0.6) is 11.5 Å². The van der Waals surface area contributed by atoms with Crippen LogP contribution in [0.4, 0.5) is 0 Å². The average Bonchev–Trinajstić information content (AvgIpc) is 2.76. The second-order valence-corrected chi connectivity index (χ2v) is 11.7. The molecule has 0 saturated heterocycles. The maximum atomic E-state index is 11.6. The third-order valence-corrected chi connectivity index (χ3v) is 7.95. The van der Waals surface area contributed by atoms with Crippen LogP contribution in [-0.4, -0.2) is 61.4 Å². The molecule has 2 rings (SSSR count). The van der Waals surface area contributed by atoms with Gasteiger partial charge in [-0.2, -0.15) is 0 Å². The van der Waals surface area contributed by atoms with Gasteiger partial charge in [-0.1, -0.05) is 56.1 Å². The Labute approximate surface area is 210 Å². The van der Waals surface area contributed by atoms with Crippen molar-refractivity contribution in [3.8, 4) is 11.5 Å². The second-order valence-electron chi connectivity index (χ2n) is 8.20. The van der Waals surface area contributed by atoms with Gasteiger partial charge in [0.05, 0.1) is 21.7 Å². The van der Waals surface area contributed by atoms with Crippen LogP contribution in [-0.2, 0) is 15.3 Å². The zero-order valence-corrected chi connectivity index (χ0v) is 21.8. The van der Waals surface area contributed by atoms with Gasteiger partial charge < -0.3 is 19.7 Å². The molecule has 0 fully saturated rings. The molecule has 0 aliphatic heterocycles. The van der Waals surface area contributed by atoms with Gasteiger partial charge in [0.25, 0.3) is 0 Å². The number of hydrogen-bond donors (Lipinski definition) is 2. The minimum absolute atomic E-state index is 0.0406. The maximum Gasteiger partial charge on any atom is 0.152 e. The lowest BCUT2D eigenvalue weighted by atomic mass is 9.78. The van der Waals surface area contributed by atoms with Crippen molar-refractivity contribution in [3.63, 3.8) is 0 Å². The molecule has 0 aliphatic rings. The van der Waals surface area contributed by atoms with E-state index in [1.807, 2.05) is 26.0 Å². The van der Waals surface area contributed by atoms with Crippen LogP contribution in [0.25, 0.3) is 0 Å². The molecular formula is C23H29Cl3O6S. The summed E-state index contributed by atoms with van der Waals surface area (Å²) in [5.74, 6) is 0.466. The van der Waals surface area contributed by atoms with E-state index in [1.54, 1.807) is 24.3 Å². The van der Waals surface area contributed by atoms with Crippen molar-refractivity contribution in [2.75, 3.05) is 30.6 Å². The van der Waals surface area contributed by atoms with Gasteiger partial charge in [0.1, 0.15) is 36.9 Å². The molecule has 0 aliphatic carbocycles. The summed E-state index contributed by atoms with van der Waals surface area (Å²) in [4.78, 5) is 0. The number of ether oxygens (including phenoxy) is 2. The van der Waals surface area contributed by atoms with Crippen LogP contribution in [0.3, 0.4) is 0 Å². The molecular weight excluding hydrogens is 511 g/mol. The lowest BCUT2D eigenvalue weighted by Crippen LogP contribution is -2.28. The molecule has 2 aromatic rings. The van der Waals surface area contributed by atoms with Crippen molar-refractivity contribution in [2.24, 2.45) is 0 Å². The molecule has 2 aromatic carbocycles. The number of aliphatic hydroxyl groups excluding tert-OH is 2. The fourth-order valence-electron chi connectivity index (χ4n) is 3.06. The lowest BCUT2D eigenvalue weighted by molar-refractivity contribution is 0.125. The van der Waals surface area contributed by atoms with Crippen LogP contribution in [0.1, 0.15) is 31.9 Å². The molecule has 2 atom stereocenters. The zero-order chi connectivity index (χ0) is 24.8. The third-order valence-electron chi connectivity index (χ3n) is 5.23. The fraction of sp³-hybridized carbons (Fsp3) is 0.478. The predicted molar refractivity (Wildman–Crippen MR) is 133 cm³/mol.